The van der Waals surface area contributed by atoms with Crippen LogP contribution in [0.25, 0.3) is 0 Å². The van der Waals surface area contributed by atoms with Crippen molar-refractivity contribution in [3.63, 3.8) is 0 Å². The molecule has 0 aromatic rings. The monoisotopic (exact) mass is 129 g/mol. The Morgan fingerprint density at radius 1 is 1.78 bits per heavy atom. The van der Waals surface area contributed by atoms with E-state index in [4.69, 9.17) is 5.11 Å². The van der Waals surface area contributed by atoms with E-state index in [9.17, 15) is 4.79 Å². The summed E-state index contributed by atoms with van der Waals surface area (Å²) in [7, 11) is 1.07. The number of carboxylic acids is 1. The Morgan fingerprint density at radius 2 is 2.56 bits per heavy atom. The maximum Gasteiger partial charge on any atom is 0.488 e. The van der Waals surface area contributed by atoms with E-state index in [2.05, 4.69) is 9.31 Å². The van der Waals surface area contributed by atoms with E-state index < -0.39 is 12.1 Å². The van der Waals surface area contributed by atoms with Crippen LogP contribution in [0.1, 0.15) is 6.42 Å². The lowest BCUT2D eigenvalue weighted by Gasteiger charge is -2.17. The number of hydrogen-bond acceptors (Lipinski definition) is 3. The SMILES string of the molecule is O=C(O)C1CCO[B]O1. The van der Waals surface area contributed by atoms with Crippen LogP contribution in [0.15, 0.2) is 0 Å². The van der Waals surface area contributed by atoms with Gasteiger partial charge in [-0.3, -0.25) is 0 Å². The van der Waals surface area contributed by atoms with Crippen LogP contribution in [0.4, 0.5) is 0 Å². The molecule has 0 aromatic heterocycles. The van der Waals surface area contributed by atoms with Gasteiger partial charge in [-0.05, 0) is 0 Å². The van der Waals surface area contributed by atoms with Crippen molar-refractivity contribution in [1.82, 2.24) is 0 Å². The van der Waals surface area contributed by atoms with Crippen molar-refractivity contribution in [3.05, 3.63) is 0 Å². The summed E-state index contributed by atoms with van der Waals surface area (Å²) >= 11 is 0. The van der Waals surface area contributed by atoms with Gasteiger partial charge in [0, 0.05) is 13.0 Å². The van der Waals surface area contributed by atoms with Crippen LogP contribution in [-0.2, 0) is 14.1 Å². The molecule has 1 aliphatic heterocycles. The van der Waals surface area contributed by atoms with Crippen molar-refractivity contribution in [2.24, 2.45) is 0 Å². The predicted octanol–water partition coefficient (Wildman–Crippen LogP) is -0.589. The molecule has 1 radical (unpaired) electrons. The normalized spacial score (nSPS) is 26.9. The van der Waals surface area contributed by atoms with Crippen LogP contribution >= 0.6 is 0 Å². The first-order valence-electron chi connectivity index (χ1n) is 2.62. The minimum atomic E-state index is -0.936. The summed E-state index contributed by atoms with van der Waals surface area (Å²) < 4.78 is 9.23. The third kappa shape index (κ3) is 1.69. The lowest BCUT2D eigenvalue weighted by molar-refractivity contribution is -0.147. The van der Waals surface area contributed by atoms with E-state index in [1.807, 2.05) is 0 Å². The average molecular weight is 129 g/mol. The lowest BCUT2D eigenvalue weighted by atomic mass is 10.2. The highest BCUT2D eigenvalue weighted by Crippen LogP contribution is 2.03. The van der Waals surface area contributed by atoms with Crippen molar-refractivity contribution in [2.75, 3.05) is 6.61 Å². The molecular formula is C4H6BO4. The Morgan fingerprint density at radius 3 is 2.89 bits per heavy atom. The second-order valence-corrected chi connectivity index (χ2v) is 1.72. The molecule has 5 heteroatoms. The van der Waals surface area contributed by atoms with Crippen LogP contribution < -0.4 is 0 Å². The van der Waals surface area contributed by atoms with Gasteiger partial charge in [-0.2, -0.15) is 0 Å². The highest BCUT2D eigenvalue weighted by molar-refractivity contribution is 6.18. The van der Waals surface area contributed by atoms with E-state index in [-0.39, 0.29) is 0 Å². The minimum Gasteiger partial charge on any atom is -0.479 e. The quantitative estimate of drug-likeness (QED) is 0.480. The van der Waals surface area contributed by atoms with Crippen molar-refractivity contribution in [1.29, 1.82) is 0 Å². The fraction of sp³-hybridized carbons (Fsp3) is 0.750. The molecule has 1 N–H and O–H groups in total. The summed E-state index contributed by atoms with van der Waals surface area (Å²) in [5.74, 6) is -0.936. The van der Waals surface area contributed by atoms with Gasteiger partial charge in [0.1, 0.15) is 6.10 Å². The lowest BCUT2D eigenvalue weighted by Crippen LogP contribution is -2.32. The molecule has 4 nitrogen and oxygen atoms in total. The van der Waals surface area contributed by atoms with Gasteiger partial charge in [0.2, 0.25) is 0 Å². The molecule has 1 aliphatic rings. The second-order valence-electron chi connectivity index (χ2n) is 1.72. The molecule has 1 atom stereocenters. The van der Waals surface area contributed by atoms with Crippen LogP contribution in [0.2, 0.25) is 0 Å². The van der Waals surface area contributed by atoms with Gasteiger partial charge in [0.25, 0.3) is 0 Å². The van der Waals surface area contributed by atoms with Crippen molar-refractivity contribution >= 4 is 13.7 Å². The number of carboxylic acid groups (broad SMARTS) is 1. The summed E-state index contributed by atoms with van der Waals surface area (Å²) in [4.78, 5) is 10.2. The molecule has 0 amide bonds. The van der Waals surface area contributed by atoms with E-state index in [0.717, 1.165) is 7.69 Å². The first-order chi connectivity index (χ1) is 4.30. The fourth-order valence-corrected chi connectivity index (χ4v) is 0.579. The highest BCUT2D eigenvalue weighted by Gasteiger charge is 2.21. The van der Waals surface area contributed by atoms with Crippen LogP contribution in [-0.4, -0.2) is 31.5 Å². The summed E-state index contributed by atoms with van der Waals surface area (Å²) in [6.07, 6.45) is -0.287. The van der Waals surface area contributed by atoms with Gasteiger partial charge >= 0.3 is 13.7 Å². The van der Waals surface area contributed by atoms with E-state index >= 15 is 0 Å². The van der Waals surface area contributed by atoms with Crippen molar-refractivity contribution < 1.29 is 19.2 Å². The van der Waals surface area contributed by atoms with Gasteiger partial charge in [0.15, 0.2) is 0 Å². The molecule has 0 aliphatic carbocycles. The second kappa shape index (κ2) is 2.84. The molecule has 1 rings (SSSR count). The topological polar surface area (TPSA) is 55.8 Å². The highest BCUT2D eigenvalue weighted by atomic mass is 16.6. The van der Waals surface area contributed by atoms with Gasteiger partial charge in [-0.15, -0.1) is 0 Å². The number of aliphatic carboxylic acids is 1. The third-order valence-electron chi connectivity index (χ3n) is 1.06. The minimum absolute atomic E-state index is 0.422. The zero-order chi connectivity index (χ0) is 6.69. The van der Waals surface area contributed by atoms with E-state index in [1.54, 1.807) is 0 Å². The predicted molar refractivity (Wildman–Crippen MR) is 28.8 cm³/mol. The first-order valence-corrected chi connectivity index (χ1v) is 2.62. The zero-order valence-corrected chi connectivity index (χ0v) is 4.74. The molecule has 1 unspecified atom stereocenters. The molecule has 0 saturated carbocycles. The zero-order valence-electron chi connectivity index (χ0n) is 4.74. The smallest absolute Gasteiger partial charge is 0.479 e. The summed E-state index contributed by atoms with van der Waals surface area (Å²) in [6.45, 7) is 0.428. The van der Waals surface area contributed by atoms with Gasteiger partial charge in [-0.25, -0.2) is 4.79 Å². The number of rotatable bonds is 1. The Hall–Kier alpha value is -0.545. The molecule has 0 spiro atoms. The molecule has 9 heavy (non-hydrogen) atoms. The summed E-state index contributed by atoms with van der Waals surface area (Å²) in [6, 6.07) is 0. The van der Waals surface area contributed by atoms with Crippen LogP contribution in [0, 0.1) is 0 Å². The fourth-order valence-electron chi connectivity index (χ4n) is 0.579. The Balaban J connectivity index is 2.31. The number of carbonyl (C=O) groups is 1. The molecule has 0 bridgehead atoms. The molecular weight excluding hydrogens is 123 g/mol. The molecule has 1 saturated heterocycles. The summed E-state index contributed by atoms with van der Waals surface area (Å²) in [5.41, 5.74) is 0. The van der Waals surface area contributed by atoms with Gasteiger partial charge in [-0.1, -0.05) is 0 Å². The third-order valence-corrected chi connectivity index (χ3v) is 1.06. The molecule has 1 fully saturated rings. The van der Waals surface area contributed by atoms with Crippen LogP contribution in [0.3, 0.4) is 0 Å². The standard InChI is InChI=1S/C4H6BO4/c6-4(7)3-1-2-8-5-9-3/h3H,1-2H2,(H,6,7). The van der Waals surface area contributed by atoms with Crippen molar-refractivity contribution in [3.8, 4) is 0 Å². The molecule has 49 valence electrons. The maximum atomic E-state index is 10.2. The number of hydrogen-bond donors (Lipinski definition) is 1. The average Bonchev–Trinajstić information content (AvgIpc) is 1.90. The summed E-state index contributed by atoms with van der Waals surface area (Å²) in [5, 5.41) is 8.34. The Kier molecular flexibility index (Phi) is 2.08. The first kappa shape index (κ1) is 6.57. The van der Waals surface area contributed by atoms with Gasteiger partial charge in [0.05, 0.1) is 0 Å². The molecule has 1 heterocycles. The Bertz CT molecular complexity index is 109. The molecule has 0 aromatic carbocycles. The van der Waals surface area contributed by atoms with E-state index in [1.165, 1.54) is 0 Å². The van der Waals surface area contributed by atoms with Gasteiger partial charge < -0.3 is 14.4 Å². The maximum absolute atomic E-state index is 10.2. The van der Waals surface area contributed by atoms with E-state index in [0.29, 0.717) is 13.0 Å². The van der Waals surface area contributed by atoms with Crippen LogP contribution in [0.5, 0.6) is 0 Å². The largest absolute Gasteiger partial charge is 0.488 e. The van der Waals surface area contributed by atoms with Crippen molar-refractivity contribution in [2.45, 2.75) is 12.5 Å². The Labute approximate surface area is 53.1 Å².